The Morgan fingerprint density at radius 2 is 1.95 bits per heavy atom. The molecule has 20 heavy (non-hydrogen) atoms. The van der Waals surface area contributed by atoms with Gasteiger partial charge in [0.2, 0.25) is 10.0 Å². The topological polar surface area (TPSA) is 67.4 Å². The standard InChI is InChI=1S/C13H26N2O3S.ClH/c1-18-11-13(5-7-14-8-6-13)10-15-19(16,17)9-4-12-2-3-12;/h12,14-15H,2-11H2,1H3;1H. The van der Waals surface area contributed by atoms with Gasteiger partial charge in [0.25, 0.3) is 0 Å². The number of nitrogens with one attached hydrogen (secondary N) is 2. The molecule has 1 aliphatic heterocycles. The number of hydrogen-bond acceptors (Lipinski definition) is 4. The van der Waals surface area contributed by atoms with E-state index in [1.165, 1.54) is 12.8 Å². The van der Waals surface area contributed by atoms with Crippen molar-refractivity contribution in [1.82, 2.24) is 10.0 Å². The molecule has 0 bridgehead atoms. The van der Waals surface area contributed by atoms with E-state index in [1.807, 2.05) is 0 Å². The second kappa shape index (κ2) is 7.94. The Labute approximate surface area is 128 Å². The largest absolute Gasteiger partial charge is 0.384 e. The highest BCUT2D eigenvalue weighted by atomic mass is 35.5. The number of rotatable bonds is 8. The number of ether oxygens (including phenoxy) is 1. The molecule has 2 fully saturated rings. The summed E-state index contributed by atoms with van der Waals surface area (Å²) < 4.78 is 32.1. The van der Waals surface area contributed by atoms with Crippen LogP contribution in [0.15, 0.2) is 0 Å². The highest BCUT2D eigenvalue weighted by Gasteiger charge is 2.33. The van der Waals surface area contributed by atoms with Crippen LogP contribution in [-0.4, -0.2) is 47.5 Å². The summed E-state index contributed by atoms with van der Waals surface area (Å²) in [6.45, 7) is 3.01. The first-order valence-corrected chi connectivity index (χ1v) is 8.87. The molecule has 2 rings (SSSR count). The summed E-state index contributed by atoms with van der Waals surface area (Å²) in [6, 6.07) is 0. The van der Waals surface area contributed by atoms with Gasteiger partial charge in [-0.05, 0) is 38.3 Å². The molecule has 2 N–H and O–H groups in total. The molecule has 120 valence electrons. The third kappa shape index (κ3) is 5.85. The van der Waals surface area contributed by atoms with Gasteiger partial charge in [0.1, 0.15) is 0 Å². The molecule has 7 heteroatoms. The first kappa shape index (κ1) is 18.2. The lowest BCUT2D eigenvalue weighted by molar-refractivity contribution is 0.0577. The van der Waals surface area contributed by atoms with Gasteiger partial charge < -0.3 is 10.1 Å². The fourth-order valence-electron chi connectivity index (χ4n) is 2.70. The van der Waals surface area contributed by atoms with E-state index >= 15 is 0 Å². The van der Waals surface area contributed by atoms with Crippen LogP contribution in [0.3, 0.4) is 0 Å². The number of piperidine rings is 1. The molecule has 0 aromatic carbocycles. The van der Waals surface area contributed by atoms with Crippen LogP contribution in [0.5, 0.6) is 0 Å². The monoisotopic (exact) mass is 326 g/mol. The Balaban J connectivity index is 0.00000200. The summed E-state index contributed by atoms with van der Waals surface area (Å²) in [5.74, 6) is 0.933. The lowest BCUT2D eigenvalue weighted by Gasteiger charge is -2.37. The zero-order chi connectivity index (χ0) is 13.8. The molecule has 0 unspecified atom stereocenters. The lowest BCUT2D eigenvalue weighted by Crippen LogP contribution is -2.47. The quantitative estimate of drug-likeness (QED) is 0.702. The lowest BCUT2D eigenvalue weighted by atomic mass is 9.80. The maximum absolute atomic E-state index is 12.0. The van der Waals surface area contributed by atoms with E-state index in [0.717, 1.165) is 32.4 Å². The third-order valence-electron chi connectivity index (χ3n) is 4.27. The average molecular weight is 327 g/mol. The second-order valence-corrected chi connectivity index (χ2v) is 7.98. The molecular formula is C13H27ClN2O3S. The molecule has 1 heterocycles. The van der Waals surface area contributed by atoms with E-state index in [4.69, 9.17) is 4.74 Å². The van der Waals surface area contributed by atoms with Crippen molar-refractivity contribution in [2.24, 2.45) is 11.3 Å². The summed E-state index contributed by atoms with van der Waals surface area (Å²) >= 11 is 0. The smallest absolute Gasteiger partial charge is 0.211 e. The van der Waals surface area contributed by atoms with Crippen molar-refractivity contribution in [1.29, 1.82) is 0 Å². The molecule has 0 aromatic heterocycles. The molecular weight excluding hydrogens is 300 g/mol. The maximum Gasteiger partial charge on any atom is 0.211 e. The Kier molecular flexibility index (Phi) is 7.21. The number of methoxy groups -OCH3 is 1. The summed E-state index contributed by atoms with van der Waals surface area (Å²) in [7, 11) is -1.43. The van der Waals surface area contributed by atoms with Crippen molar-refractivity contribution in [2.75, 3.05) is 39.1 Å². The Morgan fingerprint density at radius 1 is 1.30 bits per heavy atom. The zero-order valence-electron chi connectivity index (χ0n) is 12.2. The van der Waals surface area contributed by atoms with Gasteiger partial charge in [-0.1, -0.05) is 12.8 Å². The molecule has 1 saturated carbocycles. The van der Waals surface area contributed by atoms with Crippen LogP contribution in [-0.2, 0) is 14.8 Å². The van der Waals surface area contributed by atoms with Gasteiger partial charge in [0.05, 0.1) is 12.4 Å². The molecule has 0 aromatic rings. The summed E-state index contributed by atoms with van der Waals surface area (Å²) in [4.78, 5) is 0. The van der Waals surface area contributed by atoms with E-state index in [1.54, 1.807) is 7.11 Å². The molecule has 2 aliphatic rings. The zero-order valence-corrected chi connectivity index (χ0v) is 13.8. The number of sulfonamides is 1. The first-order chi connectivity index (χ1) is 9.05. The SMILES string of the molecule is COCC1(CNS(=O)(=O)CCC2CC2)CCNCC1.Cl. The van der Waals surface area contributed by atoms with Crippen LogP contribution >= 0.6 is 12.4 Å². The van der Waals surface area contributed by atoms with Gasteiger partial charge in [0, 0.05) is 19.1 Å². The van der Waals surface area contributed by atoms with Gasteiger partial charge in [-0.2, -0.15) is 0 Å². The molecule has 0 amide bonds. The number of halogens is 1. The van der Waals surface area contributed by atoms with Crippen LogP contribution in [0.2, 0.25) is 0 Å². The van der Waals surface area contributed by atoms with Crippen molar-refractivity contribution in [2.45, 2.75) is 32.1 Å². The third-order valence-corrected chi connectivity index (χ3v) is 5.63. The fraction of sp³-hybridized carbons (Fsp3) is 1.00. The Morgan fingerprint density at radius 3 is 2.50 bits per heavy atom. The van der Waals surface area contributed by atoms with Gasteiger partial charge >= 0.3 is 0 Å². The minimum atomic E-state index is -3.12. The normalized spacial score (nSPS) is 22.2. The van der Waals surface area contributed by atoms with Crippen molar-refractivity contribution >= 4 is 22.4 Å². The summed E-state index contributed by atoms with van der Waals surface area (Å²) in [5, 5.41) is 3.31. The predicted molar refractivity (Wildman–Crippen MR) is 82.8 cm³/mol. The van der Waals surface area contributed by atoms with Crippen LogP contribution < -0.4 is 10.0 Å². The molecule has 5 nitrogen and oxygen atoms in total. The molecule has 0 atom stereocenters. The van der Waals surface area contributed by atoms with E-state index in [2.05, 4.69) is 10.0 Å². The van der Waals surface area contributed by atoms with E-state index in [-0.39, 0.29) is 23.6 Å². The van der Waals surface area contributed by atoms with E-state index in [0.29, 0.717) is 19.1 Å². The van der Waals surface area contributed by atoms with E-state index < -0.39 is 10.0 Å². The van der Waals surface area contributed by atoms with Gasteiger partial charge in [-0.15, -0.1) is 12.4 Å². The van der Waals surface area contributed by atoms with Gasteiger partial charge in [-0.3, -0.25) is 0 Å². The summed E-state index contributed by atoms with van der Waals surface area (Å²) in [5.41, 5.74) is -0.0351. The van der Waals surface area contributed by atoms with Crippen molar-refractivity contribution < 1.29 is 13.2 Å². The minimum Gasteiger partial charge on any atom is -0.384 e. The summed E-state index contributed by atoms with van der Waals surface area (Å²) in [6.07, 6.45) is 5.15. The van der Waals surface area contributed by atoms with Crippen LogP contribution in [0.1, 0.15) is 32.1 Å². The fourth-order valence-corrected chi connectivity index (χ4v) is 4.01. The highest BCUT2D eigenvalue weighted by Crippen LogP contribution is 2.33. The molecule has 1 saturated heterocycles. The maximum atomic E-state index is 12.0. The second-order valence-electron chi connectivity index (χ2n) is 6.06. The highest BCUT2D eigenvalue weighted by molar-refractivity contribution is 7.89. The molecule has 1 aliphatic carbocycles. The van der Waals surface area contributed by atoms with Crippen LogP contribution in [0.4, 0.5) is 0 Å². The first-order valence-electron chi connectivity index (χ1n) is 7.22. The Hall–Kier alpha value is 0.120. The minimum absolute atomic E-state index is 0. The predicted octanol–water partition coefficient (Wildman–Crippen LogP) is 1.14. The van der Waals surface area contributed by atoms with Crippen molar-refractivity contribution in [3.05, 3.63) is 0 Å². The Bertz CT molecular complexity index is 374. The van der Waals surface area contributed by atoms with Crippen LogP contribution in [0, 0.1) is 11.3 Å². The molecule has 0 radical (unpaired) electrons. The molecule has 0 spiro atoms. The van der Waals surface area contributed by atoms with Crippen molar-refractivity contribution in [3.63, 3.8) is 0 Å². The average Bonchev–Trinajstić information content (AvgIpc) is 3.20. The number of hydrogen-bond donors (Lipinski definition) is 2. The van der Waals surface area contributed by atoms with E-state index in [9.17, 15) is 8.42 Å². The van der Waals surface area contributed by atoms with Crippen molar-refractivity contribution in [3.8, 4) is 0 Å². The van der Waals surface area contributed by atoms with Gasteiger partial charge in [0.15, 0.2) is 0 Å². The van der Waals surface area contributed by atoms with Gasteiger partial charge in [-0.25, -0.2) is 13.1 Å². The van der Waals surface area contributed by atoms with Crippen LogP contribution in [0.25, 0.3) is 0 Å².